The normalized spacial score (nSPS) is 23.5. The molecule has 1 aliphatic heterocycles. The van der Waals surface area contributed by atoms with Crippen molar-refractivity contribution in [3.05, 3.63) is 0 Å². The maximum Gasteiger partial charge on any atom is 0.267 e. The lowest BCUT2D eigenvalue weighted by atomic mass is 10.4. The zero-order valence-corrected chi connectivity index (χ0v) is 7.26. The molecule has 1 unspecified atom stereocenters. The van der Waals surface area contributed by atoms with Crippen LogP contribution in [0, 0.1) is 0 Å². The van der Waals surface area contributed by atoms with E-state index in [9.17, 15) is 8.42 Å². The summed E-state index contributed by atoms with van der Waals surface area (Å²) in [5.74, 6) is 0.0749. The van der Waals surface area contributed by atoms with E-state index in [-0.39, 0.29) is 18.5 Å². The molecule has 66 valence electrons. The fourth-order valence-electron chi connectivity index (χ4n) is 0.749. The predicted octanol–water partition coefficient (Wildman–Crippen LogP) is 0.142. The van der Waals surface area contributed by atoms with Crippen LogP contribution in [0.4, 0.5) is 0 Å². The molecule has 11 heavy (non-hydrogen) atoms. The lowest BCUT2D eigenvalue weighted by Crippen LogP contribution is -2.11. The molecule has 0 amide bonds. The van der Waals surface area contributed by atoms with Crippen LogP contribution in [0.2, 0.25) is 0 Å². The summed E-state index contributed by atoms with van der Waals surface area (Å²) in [5.41, 5.74) is 0. The summed E-state index contributed by atoms with van der Waals surface area (Å²) in [4.78, 5) is 0. The first-order valence-corrected chi connectivity index (χ1v) is 5.20. The monoisotopic (exact) mass is 180 g/mol. The van der Waals surface area contributed by atoms with E-state index in [1.54, 1.807) is 6.92 Å². The van der Waals surface area contributed by atoms with Crippen molar-refractivity contribution in [1.29, 1.82) is 0 Å². The Balaban J connectivity index is 2.21. The Morgan fingerprint density at radius 3 is 2.73 bits per heavy atom. The number of rotatable bonds is 5. The molecule has 1 saturated heterocycles. The second-order valence-electron chi connectivity index (χ2n) is 2.41. The van der Waals surface area contributed by atoms with Gasteiger partial charge in [0.1, 0.15) is 0 Å². The van der Waals surface area contributed by atoms with Gasteiger partial charge in [0.2, 0.25) is 0 Å². The molecule has 1 heterocycles. The molecule has 0 radical (unpaired) electrons. The molecule has 1 atom stereocenters. The molecular weight excluding hydrogens is 168 g/mol. The Morgan fingerprint density at radius 1 is 1.64 bits per heavy atom. The van der Waals surface area contributed by atoms with Gasteiger partial charge < -0.3 is 4.74 Å². The molecule has 0 aromatic carbocycles. The highest BCUT2D eigenvalue weighted by molar-refractivity contribution is 7.86. The summed E-state index contributed by atoms with van der Waals surface area (Å²) in [6.45, 7) is 2.57. The van der Waals surface area contributed by atoms with Crippen molar-refractivity contribution in [2.75, 3.05) is 19.0 Å². The number of hydrogen-bond donors (Lipinski definition) is 0. The molecule has 0 aromatic heterocycles. The van der Waals surface area contributed by atoms with Crippen LogP contribution in [0.5, 0.6) is 0 Å². The third-order valence-electron chi connectivity index (χ3n) is 1.39. The summed E-state index contributed by atoms with van der Waals surface area (Å²) in [6.07, 6.45) is 0.715. The van der Waals surface area contributed by atoms with Gasteiger partial charge in [0, 0.05) is 0 Å². The maximum atomic E-state index is 10.9. The van der Waals surface area contributed by atoms with Gasteiger partial charge in [-0.3, -0.25) is 4.18 Å². The molecule has 0 bridgehead atoms. The van der Waals surface area contributed by atoms with Gasteiger partial charge in [-0.2, -0.15) is 8.42 Å². The molecule has 0 aliphatic carbocycles. The average Bonchev–Trinajstić information content (AvgIpc) is 2.65. The van der Waals surface area contributed by atoms with Crippen molar-refractivity contribution in [3.8, 4) is 0 Å². The first-order chi connectivity index (χ1) is 5.14. The molecule has 4 nitrogen and oxygen atoms in total. The minimum absolute atomic E-state index is 0.0749. The van der Waals surface area contributed by atoms with E-state index in [4.69, 9.17) is 4.74 Å². The van der Waals surface area contributed by atoms with Crippen LogP contribution in [0.15, 0.2) is 0 Å². The van der Waals surface area contributed by atoms with Gasteiger partial charge in [0.15, 0.2) is 0 Å². The molecule has 5 heteroatoms. The smallest absolute Gasteiger partial charge is 0.267 e. The van der Waals surface area contributed by atoms with Crippen LogP contribution < -0.4 is 0 Å². The first-order valence-electron chi connectivity index (χ1n) is 3.63. The van der Waals surface area contributed by atoms with Gasteiger partial charge in [-0.25, -0.2) is 0 Å². The summed E-state index contributed by atoms with van der Waals surface area (Å²) < 4.78 is 31.2. The van der Waals surface area contributed by atoms with E-state index >= 15 is 0 Å². The third-order valence-corrected chi connectivity index (χ3v) is 2.72. The van der Waals surface area contributed by atoms with Gasteiger partial charge in [-0.1, -0.05) is 0 Å². The van der Waals surface area contributed by atoms with Crippen molar-refractivity contribution in [3.63, 3.8) is 0 Å². The van der Waals surface area contributed by atoms with Crippen LogP contribution in [0.1, 0.15) is 13.3 Å². The molecule has 0 saturated carbocycles. The minimum atomic E-state index is -3.27. The minimum Gasteiger partial charge on any atom is -0.373 e. The van der Waals surface area contributed by atoms with Crippen molar-refractivity contribution in [1.82, 2.24) is 0 Å². The van der Waals surface area contributed by atoms with Crippen LogP contribution in [-0.4, -0.2) is 33.5 Å². The van der Waals surface area contributed by atoms with E-state index in [1.165, 1.54) is 0 Å². The molecule has 0 spiro atoms. The highest BCUT2D eigenvalue weighted by Crippen LogP contribution is 2.14. The number of epoxide rings is 1. The summed E-state index contributed by atoms with van der Waals surface area (Å²) >= 11 is 0. The largest absolute Gasteiger partial charge is 0.373 e. The van der Waals surface area contributed by atoms with Crippen LogP contribution >= 0.6 is 0 Å². The topological polar surface area (TPSA) is 55.9 Å². The Bertz CT molecular complexity index is 205. The lowest BCUT2D eigenvalue weighted by Gasteiger charge is -2.00. The molecular formula is C6H12O4S. The van der Waals surface area contributed by atoms with E-state index in [1.807, 2.05) is 0 Å². The van der Waals surface area contributed by atoms with E-state index < -0.39 is 10.1 Å². The zero-order chi connectivity index (χ0) is 8.32. The van der Waals surface area contributed by atoms with Gasteiger partial charge in [0.05, 0.1) is 25.1 Å². The molecule has 1 fully saturated rings. The fourth-order valence-corrected chi connectivity index (χ4v) is 1.78. The zero-order valence-electron chi connectivity index (χ0n) is 6.45. The number of hydrogen-bond acceptors (Lipinski definition) is 4. The summed E-state index contributed by atoms with van der Waals surface area (Å²) in [6, 6.07) is 0. The lowest BCUT2D eigenvalue weighted by molar-refractivity contribution is 0.334. The van der Waals surface area contributed by atoms with Gasteiger partial charge in [0.25, 0.3) is 10.1 Å². The quantitative estimate of drug-likeness (QED) is 0.446. The molecule has 0 aromatic rings. The maximum absolute atomic E-state index is 10.9. The molecule has 1 rings (SSSR count). The van der Waals surface area contributed by atoms with Crippen molar-refractivity contribution in [2.45, 2.75) is 19.4 Å². The Morgan fingerprint density at radius 2 is 2.27 bits per heavy atom. The van der Waals surface area contributed by atoms with Gasteiger partial charge in [-0.15, -0.1) is 0 Å². The van der Waals surface area contributed by atoms with E-state index in [0.717, 1.165) is 0 Å². The van der Waals surface area contributed by atoms with Crippen molar-refractivity contribution in [2.24, 2.45) is 0 Å². The Labute approximate surface area is 66.6 Å². The van der Waals surface area contributed by atoms with Crippen LogP contribution in [0.3, 0.4) is 0 Å². The highest BCUT2D eigenvalue weighted by Gasteiger charge is 2.24. The molecule has 1 aliphatic rings. The van der Waals surface area contributed by atoms with Crippen LogP contribution in [-0.2, 0) is 19.0 Å². The second-order valence-corrected chi connectivity index (χ2v) is 4.17. The summed E-state index contributed by atoms with van der Waals surface area (Å²) in [5, 5.41) is 0. The van der Waals surface area contributed by atoms with Crippen LogP contribution in [0.25, 0.3) is 0 Å². The van der Waals surface area contributed by atoms with Gasteiger partial charge >= 0.3 is 0 Å². The fraction of sp³-hybridized carbons (Fsp3) is 1.00. The third kappa shape index (κ3) is 3.69. The predicted molar refractivity (Wildman–Crippen MR) is 39.8 cm³/mol. The van der Waals surface area contributed by atoms with Crippen molar-refractivity contribution >= 4 is 10.1 Å². The first kappa shape index (κ1) is 8.96. The summed E-state index contributed by atoms with van der Waals surface area (Å²) in [7, 11) is -3.27. The van der Waals surface area contributed by atoms with Crippen molar-refractivity contribution < 1.29 is 17.3 Å². The Kier molecular flexibility index (Phi) is 2.86. The highest BCUT2D eigenvalue weighted by atomic mass is 32.2. The average molecular weight is 180 g/mol. The van der Waals surface area contributed by atoms with E-state index in [0.29, 0.717) is 13.0 Å². The van der Waals surface area contributed by atoms with Gasteiger partial charge in [-0.05, 0) is 13.3 Å². The number of ether oxygens (including phenoxy) is 1. The SMILES string of the molecule is CCOS(=O)(=O)CCC1CO1. The van der Waals surface area contributed by atoms with E-state index in [2.05, 4.69) is 4.18 Å². The second kappa shape index (κ2) is 3.51. The Hall–Kier alpha value is -0.130. The standard InChI is InChI=1S/C6H12O4S/c1-2-10-11(7,8)4-3-6-5-9-6/h6H,2-5H2,1H3. The molecule has 0 N–H and O–H groups in total.